The van der Waals surface area contributed by atoms with E-state index in [-0.39, 0.29) is 0 Å². The minimum atomic E-state index is 0.432. The zero-order valence-electron chi connectivity index (χ0n) is 6.84. The van der Waals surface area contributed by atoms with Crippen LogP contribution in [-0.2, 0) is 0 Å². The third kappa shape index (κ3) is 0.651. The Morgan fingerprint density at radius 1 is 1.18 bits per heavy atom. The molecule has 4 rings (SSSR count). The fraction of sp³-hybridized carbons (Fsp3) is 1.00. The molecule has 3 aliphatic carbocycles. The second-order valence-corrected chi connectivity index (χ2v) is 4.53. The summed E-state index contributed by atoms with van der Waals surface area (Å²) in [6, 6.07) is 0.481. The molecule has 0 radical (unpaired) electrons. The first-order valence-electron chi connectivity index (χ1n) is 4.83. The van der Waals surface area contributed by atoms with Gasteiger partial charge in [0.2, 0.25) is 0 Å². The highest BCUT2D eigenvalue weighted by atomic mass is 15.2. The predicted molar refractivity (Wildman–Crippen MR) is 44.2 cm³/mol. The molecule has 11 heavy (non-hydrogen) atoms. The van der Waals surface area contributed by atoms with Crippen LogP contribution in [0.3, 0.4) is 0 Å². The number of hydrogen-bond acceptors (Lipinski definition) is 2. The Morgan fingerprint density at radius 3 is 2.18 bits per heavy atom. The second-order valence-electron chi connectivity index (χ2n) is 4.53. The largest absolute Gasteiger partial charge is 0.326 e. The van der Waals surface area contributed by atoms with Gasteiger partial charge in [0.05, 0.1) is 0 Å². The maximum Gasteiger partial charge on any atom is 0.0491 e. The summed E-state index contributed by atoms with van der Waals surface area (Å²) >= 11 is 0. The fourth-order valence-electron chi connectivity index (χ4n) is 3.31. The summed E-state index contributed by atoms with van der Waals surface area (Å²) in [5.41, 5.74) is 6.63. The molecule has 0 aromatic rings. The van der Waals surface area contributed by atoms with E-state index in [1.807, 2.05) is 0 Å². The summed E-state index contributed by atoms with van der Waals surface area (Å²) in [4.78, 5) is 0. The Morgan fingerprint density at radius 2 is 1.82 bits per heavy atom. The van der Waals surface area contributed by atoms with Crippen LogP contribution in [0, 0.1) is 11.8 Å². The normalized spacial score (nSPS) is 60.3. The molecule has 3 N–H and O–H groups in total. The molecular formula is C9H16N2. The lowest BCUT2D eigenvalue weighted by Crippen LogP contribution is -2.57. The molecule has 2 bridgehead atoms. The molecule has 0 aromatic carbocycles. The van der Waals surface area contributed by atoms with E-state index < -0.39 is 0 Å². The van der Waals surface area contributed by atoms with Crippen LogP contribution in [0.15, 0.2) is 0 Å². The maximum atomic E-state index is 6.20. The summed E-state index contributed by atoms with van der Waals surface area (Å²) in [6.07, 6.45) is 5.67. The van der Waals surface area contributed by atoms with E-state index >= 15 is 0 Å². The standard InChI is InChI=1S/C9H16N2/c10-8-6-1-3-7(4-2-6)9(8)5-11-9/h6-8,11H,1-5,10H2. The SMILES string of the molecule is NC1C2CCC(CC2)C12CN2. The Labute approximate surface area is 67.5 Å². The Kier molecular flexibility index (Phi) is 1.06. The lowest BCUT2D eigenvalue weighted by molar-refractivity contribution is 0.0995. The zero-order chi connectivity index (χ0) is 7.47. The van der Waals surface area contributed by atoms with Gasteiger partial charge in [-0.2, -0.15) is 0 Å². The number of nitrogens with one attached hydrogen (secondary N) is 1. The van der Waals surface area contributed by atoms with Gasteiger partial charge >= 0.3 is 0 Å². The van der Waals surface area contributed by atoms with E-state index in [2.05, 4.69) is 5.32 Å². The van der Waals surface area contributed by atoms with Gasteiger partial charge in [-0.3, -0.25) is 0 Å². The van der Waals surface area contributed by atoms with Crippen LogP contribution in [0.4, 0.5) is 0 Å². The van der Waals surface area contributed by atoms with E-state index in [1.165, 1.54) is 32.2 Å². The molecule has 2 unspecified atom stereocenters. The van der Waals surface area contributed by atoms with Crippen molar-refractivity contribution in [2.75, 3.05) is 6.54 Å². The third-order valence-electron chi connectivity index (χ3n) is 4.19. The van der Waals surface area contributed by atoms with Crippen molar-refractivity contribution in [3.63, 3.8) is 0 Å². The van der Waals surface area contributed by atoms with Crippen LogP contribution < -0.4 is 11.1 Å². The van der Waals surface area contributed by atoms with E-state index in [0.717, 1.165) is 11.8 Å². The highest BCUT2D eigenvalue weighted by Crippen LogP contribution is 2.50. The molecular weight excluding hydrogens is 136 g/mol. The van der Waals surface area contributed by atoms with Gasteiger partial charge in [0.1, 0.15) is 0 Å². The minimum Gasteiger partial charge on any atom is -0.326 e. The van der Waals surface area contributed by atoms with Gasteiger partial charge in [0, 0.05) is 18.1 Å². The summed E-state index contributed by atoms with van der Waals surface area (Å²) in [6.45, 7) is 1.20. The zero-order valence-corrected chi connectivity index (χ0v) is 6.84. The van der Waals surface area contributed by atoms with Crippen molar-refractivity contribution in [1.29, 1.82) is 0 Å². The molecule has 1 heterocycles. The van der Waals surface area contributed by atoms with E-state index in [4.69, 9.17) is 5.73 Å². The van der Waals surface area contributed by atoms with Gasteiger partial charge in [-0.15, -0.1) is 0 Å². The van der Waals surface area contributed by atoms with E-state index in [9.17, 15) is 0 Å². The maximum absolute atomic E-state index is 6.20. The number of rotatable bonds is 0. The molecule has 0 aromatic heterocycles. The first-order chi connectivity index (χ1) is 5.33. The lowest BCUT2D eigenvalue weighted by Gasteiger charge is -2.47. The molecule has 1 saturated heterocycles. The Bertz CT molecular complexity index is 174. The Balaban J connectivity index is 1.95. The molecule has 2 atom stereocenters. The van der Waals surface area contributed by atoms with Crippen LogP contribution in [0.2, 0.25) is 0 Å². The van der Waals surface area contributed by atoms with Gasteiger partial charge in [-0.1, -0.05) is 0 Å². The van der Waals surface area contributed by atoms with Crippen molar-refractivity contribution in [1.82, 2.24) is 5.32 Å². The van der Waals surface area contributed by atoms with Crippen molar-refractivity contribution in [3.8, 4) is 0 Å². The molecule has 1 spiro atoms. The first-order valence-corrected chi connectivity index (χ1v) is 4.83. The van der Waals surface area contributed by atoms with Gasteiger partial charge in [-0.25, -0.2) is 0 Å². The topological polar surface area (TPSA) is 48.0 Å². The summed E-state index contributed by atoms with van der Waals surface area (Å²) in [7, 11) is 0. The molecule has 4 aliphatic rings. The van der Waals surface area contributed by atoms with Crippen LogP contribution >= 0.6 is 0 Å². The van der Waals surface area contributed by atoms with Gasteiger partial charge in [-0.05, 0) is 37.5 Å². The van der Waals surface area contributed by atoms with Crippen molar-refractivity contribution in [2.45, 2.75) is 37.3 Å². The van der Waals surface area contributed by atoms with Crippen LogP contribution in [0.25, 0.3) is 0 Å². The molecule has 62 valence electrons. The second kappa shape index (κ2) is 1.80. The summed E-state index contributed by atoms with van der Waals surface area (Å²) in [5.74, 6) is 1.76. The van der Waals surface area contributed by atoms with Crippen molar-refractivity contribution in [3.05, 3.63) is 0 Å². The highest BCUT2D eigenvalue weighted by Gasteiger charge is 2.59. The number of nitrogens with two attached hydrogens (primary N) is 1. The Hall–Kier alpha value is -0.0800. The molecule has 3 saturated carbocycles. The number of fused-ring (bicyclic) bond motifs is 2. The molecule has 1 aliphatic heterocycles. The van der Waals surface area contributed by atoms with Crippen molar-refractivity contribution < 1.29 is 0 Å². The average molecular weight is 152 g/mol. The lowest BCUT2D eigenvalue weighted by atomic mass is 9.61. The number of hydrogen-bond donors (Lipinski definition) is 2. The van der Waals surface area contributed by atoms with E-state index in [0.29, 0.717) is 11.6 Å². The molecule has 2 nitrogen and oxygen atoms in total. The van der Waals surface area contributed by atoms with Crippen molar-refractivity contribution >= 4 is 0 Å². The van der Waals surface area contributed by atoms with Gasteiger partial charge in [0.15, 0.2) is 0 Å². The molecule has 2 heteroatoms. The minimum absolute atomic E-state index is 0.432. The fourth-order valence-corrected chi connectivity index (χ4v) is 3.31. The van der Waals surface area contributed by atoms with Crippen molar-refractivity contribution in [2.24, 2.45) is 17.6 Å². The predicted octanol–water partition coefficient (Wildman–Crippen LogP) is 0.476. The monoisotopic (exact) mass is 152 g/mol. The van der Waals surface area contributed by atoms with Crippen LogP contribution in [0.5, 0.6) is 0 Å². The summed E-state index contributed by atoms with van der Waals surface area (Å²) < 4.78 is 0. The highest BCUT2D eigenvalue weighted by molar-refractivity contribution is 5.20. The van der Waals surface area contributed by atoms with Crippen LogP contribution in [-0.4, -0.2) is 18.1 Å². The van der Waals surface area contributed by atoms with E-state index in [1.54, 1.807) is 0 Å². The first kappa shape index (κ1) is 6.44. The van der Waals surface area contributed by atoms with Gasteiger partial charge < -0.3 is 11.1 Å². The molecule has 4 fully saturated rings. The quantitative estimate of drug-likeness (QED) is 0.496. The third-order valence-corrected chi connectivity index (χ3v) is 4.19. The smallest absolute Gasteiger partial charge is 0.0491 e. The molecule has 0 amide bonds. The van der Waals surface area contributed by atoms with Gasteiger partial charge in [0.25, 0.3) is 0 Å². The summed E-state index contributed by atoms with van der Waals surface area (Å²) in [5, 5.41) is 3.51. The van der Waals surface area contributed by atoms with Crippen LogP contribution in [0.1, 0.15) is 25.7 Å². The average Bonchev–Trinajstić information content (AvgIpc) is 2.82.